The summed E-state index contributed by atoms with van der Waals surface area (Å²) in [5, 5.41) is 12.7. The van der Waals surface area contributed by atoms with Crippen molar-refractivity contribution in [3.63, 3.8) is 0 Å². The van der Waals surface area contributed by atoms with E-state index >= 15 is 0 Å². The van der Waals surface area contributed by atoms with Crippen LogP contribution in [0, 0.1) is 13.8 Å². The van der Waals surface area contributed by atoms with Gasteiger partial charge in [0, 0.05) is 18.0 Å². The summed E-state index contributed by atoms with van der Waals surface area (Å²) < 4.78 is 7.41. The number of aromatic nitrogens is 4. The number of pyridine rings is 1. The smallest absolute Gasteiger partial charge is 0.234 e. The summed E-state index contributed by atoms with van der Waals surface area (Å²) in [4.78, 5) is 16.8. The van der Waals surface area contributed by atoms with E-state index in [9.17, 15) is 4.79 Å². The monoisotopic (exact) mass is 453 g/mol. The quantitative estimate of drug-likeness (QED) is 0.397. The molecule has 3 aromatic heterocycles. The van der Waals surface area contributed by atoms with Crippen LogP contribution in [0.5, 0.6) is 0 Å². The van der Waals surface area contributed by atoms with Crippen molar-refractivity contribution in [2.75, 3.05) is 11.1 Å². The lowest BCUT2D eigenvalue weighted by Gasteiger charge is -2.12. The third-order valence-corrected chi connectivity index (χ3v) is 5.82. The zero-order chi connectivity index (χ0) is 21.8. The molecular formula is C22H20ClN5O2S. The Hall–Kier alpha value is -3.10. The molecular weight excluding hydrogens is 434 g/mol. The maximum Gasteiger partial charge on any atom is 0.234 e. The zero-order valence-corrected chi connectivity index (χ0v) is 18.6. The predicted octanol–water partition coefficient (Wildman–Crippen LogP) is 4.98. The molecule has 0 aliphatic rings. The van der Waals surface area contributed by atoms with Crippen molar-refractivity contribution in [3.8, 4) is 11.4 Å². The Balaban J connectivity index is 1.53. The first kappa shape index (κ1) is 21.1. The van der Waals surface area contributed by atoms with Gasteiger partial charge in [-0.3, -0.25) is 14.3 Å². The molecule has 0 unspecified atom stereocenters. The van der Waals surface area contributed by atoms with Crippen LogP contribution in [0.15, 0.2) is 64.6 Å². The number of furan rings is 1. The number of nitrogens with zero attached hydrogens (tertiary/aromatic N) is 4. The second kappa shape index (κ2) is 9.36. The first-order valence-electron chi connectivity index (χ1n) is 9.56. The Labute approximate surface area is 188 Å². The van der Waals surface area contributed by atoms with Crippen molar-refractivity contribution in [2.45, 2.75) is 25.5 Å². The molecule has 3 heterocycles. The molecule has 1 amide bonds. The predicted molar refractivity (Wildman–Crippen MR) is 121 cm³/mol. The van der Waals surface area contributed by atoms with Crippen molar-refractivity contribution in [2.24, 2.45) is 0 Å². The summed E-state index contributed by atoms with van der Waals surface area (Å²) in [5.74, 6) is 1.41. The fourth-order valence-electron chi connectivity index (χ4n) is 3.18. The van der Waals surface area contributed by atoms with Crippen LogP contribution in [0.2, 0.25) is 5.02 Å². The number of hydrogen-bond donors (Lipinski definition) is 1. The lowest BCUT2D eigenvalue weighted by atomic mass is 10.1. The number of aryl methyl sites for hydroxylation is 2. The molecule has 1 aromatic carbocycles. The van der Waals surface area contributed by atoms with Gasteiger partial charge in [0.25, 0.3) is 0 Å². The van der Waals surface area contributed by atoms with Gasteiger partial charge >= 0.3 is 0 Å². The molecule has 158 valence electrons. The first-order valence-corrected chi connectivity index (χ1v) is 10.9. The highest BCUT2D eigenvalue weighted by molar-refractivity contribution is 7.99. The van der Waals surface area contributed by atoms with Gasteiger partial charge in [-0.25, -0.2) is 0 Å². The van der Waals surface area contributed by atoms with Crippen LogP contribution in [0.1, 0.15) is 16.9 Å². The van der Waals surface area contributed by atoms with Crippen molar-refractivity contribution in [3.05, 3.63) is 77.0 Å². The molecule has 0 bridgehead atoms. The van der Waals surface area contributed by atoms with Crippen molar-refractivity contribution >= 4 is 35.0 Å². The van der Waals surface area contributed by atoms with E-state index in [0.29, 0.717) is 28.2 Å². The lowest BCUT2D eigenvalue weighted by Crippen LogP contribution is -2.16. The van der Waals surface area contributed by atoms with Gasteiger partial charge in [-0.15, -0.1) is 10.2 Å². The molecule has 0 spiro atoms. The summed E-state index contributed by atoms with van der Waals surface area (Å²) in [7, 11) is 0. The van der Waals surface area contributed by atoms with Crippen molar-refractivity contribution in [1.29, 1.82) is 0 Å². The Morgan fingerprint density at radius 3 is 2.81 bits per heavy atom. The number of halogens is 1. The summed E-state index contributed by atoms with van der Waals surface area (Å²) in [6.07, 6.45) is 5.05. The van der Waals surface area contributed by atoms with Crippen molar-refractivity contribution < 1.29 is 9.21 Å². The van der Waals surface area contributed by atoms with Crippen LogP contribution in [-0.4, -0.2) is 31.4 Å². The molecule has 0 fully saturated rings. The summed E-state index contributed by atoms with van der Waals surface area (Å²) >= 11 is 7.61. The number of nitrogens with one attached hydrogen (secondary N) is 1. The van der Waals surface area contributed by atoms with E-state index in [2.05, 4.69) is 20.5 Å². The fourth-order valence-corrected chi connectivity index (χ4v) is 4.29. The van der Waals surface area contributed by atoms with Gasteiger partial charge in [-0.1, -0.05) is 29.4 Å². The number of anilines is 1. The van der Waals surface area contributed by atoms with Crippen LogP contribution in [0.3, 0.4) is 0 Å². The van der Waals surface area contributed by atoms with E-state index in [1.807, 2.05) is 54.8 Å². The lowest BCUT2D eigenvalue weighted by molar-refractivity contribution is -0.113. The molecule has 1 N–H and O–H groups in total. The average Bonchev–Trinajstić information content (AvgIpc) is 3.40. The first-order chi connectivity index (χ1) is 15.0. The second-order valence-corrected chi connectivity index (χ2v) is 8.34. The summed E-state index contributed by atoms with van der Waals surface area (Å²) in [6, 6.07) is 11.3. The van der Waals surface area contributed by atoms with Crippen LogP contribution < -0.4 is 5.32 Å². The highest BCUT2D eigenvalue weighted by Gasteiger charge is 2.18. The third-order valence-electron chi connectivity index (χ3n) is 4.56. The Morgan fingerprint density at radius 2 is 2.10 bits per heavy atom. The van der Waals surface area contributed by atoms with Gasteiger partial charge in [0.2, 0.25) is 5.91 Å². The van der Waals surface area contributed by atoms with Crippen LogP contribution >= 0.6 is 23.4 Å². The van der Waals surface area contributed by atoms with Gasteiger partial charge in [0.1, 0.15) is 5.76 Å². The molecule has 0 atom stereocenters. The van der Waals surface area contributed by atoms with Crippen LogP contribution in [0.4, 0.5) is 5.69 Å². The Bertz CT molecular complexity index is 1170. The number of hydrogen-bond acceptors (Lipinski definition) is 6. The molecule has 0 aliphatic heterocycles. The molecule has 4 rings (SSSR count). The van der Waals surface area contributed by atoms with E-state index in [4.69, 9.17) is 16.0 Å². The molecule has 0 saturated heterocycles. The van der Waals surface area contributed by atoms with Gasteiger partial charge in [-0.05, 0) is 55.3 Å². The number of thioether (sulfide) groups is 1. The number of benzene rings is 1. The van der Waals surface area contributed by atoms with Gasteiger partial charge in [0.15, 0.2) is 11.0 Å². The maximum absolute atomic E-state index is 12.6. The van der Waals surface area contributed by atoms with E-state index in [-0.39, 0.29) is 11.7 Å². The Kier molecular flexibility index (Phi) is 6.39. The average molecular weight is 454 g/mol. The van der Waals surface area contributed by atoms with Gasteiger partial charge in [0.05, 0.1) is 29.3 Å². The number of carbonyl (C=O) groups excluding carboxylic acids is 1. The minimum atomic E-state index is -0.172. The van der Waals surface area contributed by atoms with Crippen LogP contribution in [0.25, 0.3) is 11.4 Å². The standard InChI is InChI=1S/C22H20ClN5O2S/c1-14-9-15(2)20(18(23)10-14)25-19(29)13-31-22-27-26-21(16-5-3-7-24-11-16)28(22)12-17-6-4-8-30-17/h3-11H,12-13H2,1-2H3,(H,25,29). The summed E-state index contributed by atoms with van der Waals surface area (Å²) in [5.41, 5.74) is 3.43. The molecule has 0 saturated carbocycles. The van der Waals surface area contributed by atoms with E-state index in [0.717, 1.165) is 22.5 Å². The SMILES string of the molecule is Cc1cc(C)c(NC(=O)CSc2nnc(-c3cccnc3)n2Cc2ccco2)c(Cl)c1. The molecule has 31 heavy (non-hydrogen) atoms. The third kappa shape index (κ3) is 4.98. The van der Waals surface area contributed by atoms with E-state index in [1.165, 1.54) is 11.8 Å². The topological polar surface area (TPSA) is 85.8 Å². The van der Waals surface area contributed by atoms with Gasteiger partial charge in [-0.2, -0.15) is 0 Å². The molecule has 0 radical (unpaired) electrons. The molecule has 0 aliphatic carbocycles. The van der Waals surface area contributed by atoms with E-state index in [1.54, 1.807) is 18.7 Å². The number of amides is 1. The molecule has 7 nitrogen and oxygen atoms in total. The highest BCUT2D eigenvalue weighted by Crippen LogP contribution is 2.28. The number of carbonyl (C=O) groups is 1. The minimum absolute atomic E-state index is 0.160. The highest BCUT2D eigenvalue weighted by atomic mass is 35.5. The van der Waals surface area contributed by atoms with Crippen LogP contribution in [-0.2, 0) is 11.3 Å². The Morgan fingerprint density at radius 1 is 1.23 bits per heavy atom. The molecule has 4 aromatic rings. The maximum atomic E-state index is 12.6. The normalized spacial score (nSPS) is 10.9. The zero-order valence-electron chi connectivity index (χ0n) is 17.0. The fraction of sp³-hybridized carbons (Fsp3) is 0.182. The van der Waals surface area contributed by atoms with Crippen molar-refractivity contribution in [1.82, 2.24) is 19.7 Å². The molecule has 9 heteroatoms. The summed E-state index contributed by atoms with van der Waals surface area (Å²) in [6.45, 7) is 4.32. The van der Waals surface area contributed by atoms with E-state index < -0.39 is 0 Å². The van der Waals surface area contributed by atoms with Gasteiger partial charge < -0.3 is 9.73 Å². The minimum Gasteiger partial charge on any atom is -0.467 e. The number of rotatable bonds is 7. The largest absolute Gasteiger partial charge is 0.467 e. The second-order valence-electron chi connectivity index (χ2n) is 6.99.